The summed E-state index contributed by atoms with van der Waals surface area (Å²) in [7, 11) is 5.00. The molecule has 2 aliphatic rings. The third-order valence-electron chi connectivity index (χ3n) is 6.09. The summed E-state index contributed by atoms with van der Waals surface area (Å²) in [5.74, 6) is 1.53. The molecule has 180 valence electrons. The van der Waals surface area contributed by atoms with E-state index >= 15 is 0 Å². The van der Waals surface area contributed by atoms with Gasteiger partial charge in [0.05, 0.1) is 43.7 Å². The number of hydrazine groups is 1. The third-order valence-corrected chi connectivity index (χ3v) is 6.09. The fraction of sp³-hybridized carbons (Fsp3) is 0.364. The number of pyridine rings is 1. The van der Waals surface area contributed by atoms with Crippen LogP contribution in [-0.4, -0.2) is 68.6 Å². The Morgan fingerprint density at radius 1 is 1.20 bits per heavy atom. The summed E-state index contributed by atoms with van der Waals surface area (Å²) in [6, 6.07) is 10.6. The van der Waals surface area contributed by atoms with E-state index in [1.807, 2.05) is 24.3 Å². The molecule has 0 spiro atoms. The molecule has 4 atom stereocenters. The number of carbonyl (C=O) groups is 1. The molecule has 4 heterocycles. The number of amides is 1. The highest BCUT2D eigenvalue weighted by Gasteiger charge is 2.48. The van der Waals surface area contributed by atoms with Gasteiger partial charge in [-0.05, 0) is 23.4 Å². The van der Waals surface area contributed by atoms with E-state index in [0.29, 0.717) is 35.2 Å². The van der Waals surface area contributed by atoms with Crippen LogP contribution in [0.2, 0.25) is 0 Å². The van der Waals surface area contributed by atoms with Crippen molar-refractivity contribution >= 4 is 23.2 Å². The Kier molecular flexibility index (Phi) is 5.89. The van der Waals surface area contributed by atoms with Crippen LogP contribution in [0, 0.1) is 12.5 Å². The highest BCUT2D eigenvalue weighted by Crippen LogP contribution is 2.37. The molecule has 2 fully saturated rings. The van der Waals surface area contributed by atoms with Crippen molar-refractivity contribution in [3.05, 3.63) is 47.8 Å². The molecule has 0 aliphatic carbocycles. The number of aryl methyl sites for hydroxylation is 1. The van der Waals surface area contributed by atoms with Gasteiger partial charge in [-0.2, -0.15) is 4.80 Å². The van der Waals surface area contributed by atoms with Gasteiger partial charge in [-0.25, -0.2) is 5.43 Å². The third kappa shape index (κ3) is 4.32. The number of tetrazole rings is 1. The average Bonchev–Trinajstić information content (AvgIpc) is 3.41. The van der Waals surface area contributed by atoms with Gasteiger partial charge in [-0.15, -0.1) is 15.2 Å². The van der Waals surface area contributed by atoms with Gasteiger partial charge in [0, 0.05) is 25.6 Å². The van der Waals surface area contributed by atoms with Crippen LogP contribution in [0.5, 0.6) is 5.75 Å². The number of hydrogen-bond donors (Lipinski definition) is 4. The Labute approximate surface area is 201 Å². The number of ether oxygens (including phenoxy) is 1. The summed E-state index contributed by atoms with van der Waals surface area (Å²) in [4.78, 5) is 22.1. The summed E-state index contributed by atoms with van der Waals surface area (Å²) < 4.78 is 5.73. The second-order valence-corrected chi connectivity index (χ2v) is 8.36. The first-order valence-corrected chi connectivity index (χ1v) is 11.1. The van der Waals surface area contributed by atoms with Crippen LogP contribution in [0.1, 0.15) is 6.42 Å². The molecule has 13 nitrogen and oxygen atoms in total. The number of benzene rings is 1. The van der Waals surface area contributed by atoms with Crippen molar-refractivity contribution in [1.82, 2.24) is 40.9 Å². The molecular formula is C22H25N11O2. The topological polar surface area (TPSA) is 139 Å². The van der Waals surface area contributed by atoms with Gasteiger partial charge < -0.3 is 20.2 Å². The van der Waals surface area contributed by atoms with E-state index in [-0.39, 0.29) is 30.2 Å². The van der Waals surface area contributed by atoms with Gasteiger partial charge >= 0.3 is 0 Å². The number of rotatable bonds is 6. The largest absolute Gasteiger partial charge is 0.494 e. The van der Waals surface area contributed by atoms with E-state index in [0.717, 1.165) is 5.69 Å². The fourth-order valence-corrected chi connectivity index (χ4v) is 4.58. The maximum absolute atomic E-state index is 13.0. The molecule has 13 heteroatoms. The summed E-state index contributed by atoms with van der Waals surface area (Å²) in [5, 5.41) is 24.1. The zero-order valence-corrected chi connectivity index (χ0v) is 19.4. The lowest BCUT2D eigenvalue weighted by molar-refractivity contribution is -0.131. The van der Waals surface area contributed by atoms with Crippen molar-refractivity contribution in [2.75, 3.05) is 24.8 Å². The molecular weight excluding hydrogens is 450 g/mol. The van der Waals surface area contributed by atoms with E-state index in [1.165, 1.54) is 9.81 Å². The van der Waals surface area contributed by atoms with Crippen LogP contribution in [0.25, 0.3) is 16.2 Å². The second-order valence-electron chi connectivity index (χ2n) is 8.36. The number of carbonyl (C=O) groups excluding carboxylic acids is 1. The van der Waals surface area contributed by atoms with Crippen molar-refractivity contribution in [1.29, 1.82) is 0 Å². The van der Waals surface area contributed by atoms with E-state index in [2.05, 4.69) is 46.6 Å². The predicted molar refractivity (Wildman–Crippen MR) is 127 cm³/mol. The van der Waals surface area contributed by atoms with E-state index < -0.39 is 0 Å². The maximum Gasteiger partial charge on any atom is 0.271 e. The first-order valence-electron chi connectivity index (χ1n) is 11.1. The molecule has 2 saturated heterocycles. The fourth-order valence-electron chi connectivity index (χ4n) is 4.58. The Morgan fingerprint density at radius 2 is 2.03 bits per heavy atom. The van der Waals surface area contributed by atoms with Crippen molar-refractivity contribution in [2.24, 2.45) is 13.0 Å². The molecule has 2 aliphatic heterocycles. The number of nitrogens with zero attached hydrogens (tertiary/aromatic N) is 7. The molecule has 1 aromatic carbocycles. The zero-order valence-electron chi connectivity index (χ0n) is 19.4. The van der Waals surface area contributed by atoms with Crippen LogP contribution in [0.3, 0.4) is 0 Å². The quantitative estimate of drug-likeness (QED) is 0.381. The van der Waals surface area contributed by atoms with E-state index in [4.69, 9.17) is 11.3 Å². The second kappa shape index (κ2) is 9.16. The number of hydrogen-bond acceptors (Lipinski definition) is 10. The normalized spacial score (nSPS) is 23.5. The van der Waals surface area contributed by atoms with E-state index in [1.54, 1.807) is 33.3 Å². The van der Waals surface area contributed by atoms with Gasteiger partial charge in [0.25, 0.3) is 5.82 Å². The lowest BCUT2D eigenvalue weighted by Gasteiger charge is -2.38. The van der Waals surface area contributed by atoms with Gasteiger partial charge in [-0.3, -0.25) is 15.1 Å². The number of piperidine rings is 1. The summed E-state index contributed by atoms with van der Waals surface area (Å²) >= 11 is 0. The number of aromatic nitrogens is 5. The number of anilines is 2. The minimum Gasteiger partial charge on any atom is -0.494 e. The Morgan fingerprint density at radius 3 is 2.77 bits per heavy atom. The molecule has 0 bridgehead atoms. The molecule has 0 radical (unpaired) electrons. The van der Waals surface area contributed by atoms with Gasteiger partial charge in [0.2, 0.25) is 17.5 Å². The van der Waals surface area contributed by atoms with Crippen molar-refractivity contribution in [2.45, 2.75) is 24.8 Å². The smallest absolute Gasteiger partial charge is 0.271 e. The summed E-state index contributed by atoms with van der Waals surface area (Å²) in [6.07, 6.45) is 0.0457. The minimum atomic E-state index is -0.358. The summed E-state index contributed by atoms with van der Waals surface area (Å²) in [5.41, 5.74) is 4.60. The van der Waals surface area contributed by atoms with Crippen molar-refractivity contribution in [3.8, 4) is 17.1 Å². The molecule has 1 amide bonds. The Balaban J connectivity index is 1.44. The van der Waals surface area contributed by atoms with E-state index in [9.17, 15) is 4.79 Å². The predicted octanol–water partition coefficient (Wildman–Crippen LogP) is 0.962. The van der Waals surface area contributed by atoms with Crippen LogP contribution in [0.4, 0.5) is 17.3 Å². The number of nitrogens with one attached hydrogen (secondary N) is 4. The first-order chi connectivity index (χ1) is 17.0. The molecule has 3 aromatic rings. The first kappa shape index (κ1) is 22.5. The van der Waals surface area contributed by atoms with Gasteiger partial charge in [0.1, 0.15) is 0 Å². The number of para-hydroxylation sites is 1. The van der Waals surface area contributed by atoms with Gasteiger partial charge in [-0.1, -0.05) is 18.7 Å². The van der Waals surface area contributed by atoms with Crippen molar-refractivity contribution in [3.63, 3.8) is 0 Å². The molecule has 4 unspecified atom stereocenters. The Hall–Kier alpha value is -4.28. The molecule has 0 saturated carbocycles. The highest BCUT2D eigenvalue weighted by atomic mass is 16.5. The lowest BCUT2D eigenvalue weighted by atomic mass is 9.88. The molecule has 35 heavy (non-hydrogen) atoms. The van der Waals surface area contributed by atoms with Crippen molar-refractivity contribution < 1.29 is 9.53 Å². The van der Waals surface area contributed by atoms with Gasteiger partial charge in [0.15, 0.2) is 5.75 Å². The monoisotopic (exact) mass is 475 g/mol. The maximum atomic E-state index is 13.0. The SMILES string of the molecule is [C-]#[N+]c1cccc(NC2CC(Nc3cccc(-c4nnn(C)n4)c3OC)C3C(=O)N(C)NC3N2)n1. The molecule has 4 N–H and O–H groups in total. The summed E-state index contributed by atoms with van der Waals surface area (Å²) in [6.45, 7) is 7.21. The van der Waals surface area contributed by atoms with Crippen LogP contribution < -0.4 is 26.1 Å². The zero-order chi connectivity index (χ0) is 24.5. The Bertz CT molecular complexity index is 1290. The molecule has 2 aromatic heterocycles. The van der Waals surface area contributed by atoms with Crippen LogP contribution in [0.15, 0.2) is 36.4 Å². The minimum absolute atomic E-state index is 0.0164. The van der Waals surface area contributed by atoms with Crippen LogP contribution >= 0.6 is 0 Å². The number of fused-ring (bicyclic) bond motifs is 1. The van der Waals surface area contributed by atoms with Crippen LogP contribution in [-0.2, 0) is 11.8 Å². The lowest BCUT2D eigenvalue weighted by Crippen LogP contribution is -2.60. The average molecular weight is 476 g/mol. The highest BCUT2D eigenvalue weighted by molar-refractivity contribution is 5.83. The molecule has 5 rings (SSSR count). The number of methoxy groups -OCH3 is 1. The standard InChI is InChI=1S/C22H25N11O2/c1-23-15-9-6-10-16(25-15)26-17-11-14(18-21(27-17)29-32(2)22(18)34)24-13-8-5-7-12(19(13)35-4)20-28-31-33(3)30-20/h5-10,14,17-18,21,24,27,29H,11H2,2-4H3,(H,25,26).